The van der Waals surface area contributed by atoms with Gasteiger partial charge in [0.25, 0.3) is 10.0 Å². The van der Waals surface area contributed by atoms with Gasteiger partial charge in [-0.05, 0) is 48.9 Å². The van der Waals surface area contributed by atoms with Crippen LogP contribution in [0, 0.1) is 6.92 Å². The minimum Gasteiger partial charge on any atom is -0.295 e. The molecule has 144 valence electrons. The standard InChI is InChI=1S/C16H18N4O5S2/c1-10-8-13-14(20(3)16(21)19(13)2)9-15(10)27(24,25)18-11-4-6-12(7-5-11)26(17,22)23/h4-9,18H,1-3H3,(H2,17,22,23). The normalized spacial score (nSPS) is 12.4. The van der Waals surface area contributed by atoms with Crippen LogP contribution in [0.4, 0.5) is 5.69 Å². The highest BCUT2D eigenvalue weighted by atomic mass is 32.2. The lowest BCUT2D eigenvalue weighted by Gasteiger charge is -2.11. The van der Waals surface area contributed by atoms with E-state index < -0.39 is 20.0 Å². The molecule has 0 saturated heterocycles. The second-order valence-electron chi connectivity index (χ2n) is 6.18. The van der Waals surface area contributed by atoms with Crippen molar-refractivity contribution >= 4 is 36.8 Å². The van der Waals surface area contributed by atoms with E-state index in [0.717, 1.165) is 0 Å². The van der Waals surface area contributed by atoms with Crippen molar-refractivity contribution in [3.05, 3.63) is 52.4 Å². The summed E-state index contributed by atoms with van der Waals surface area (Å²) in [5.41, 5.74) is 1.50. The predicted molar refractivity (Wildman–Crippen MR) is 102 cm³/mol. The van der Waals surface area contributed by atoms with Gasteiger partial charge in [0.2, 0.25) is 10.0 Å². The van der Waals surface area contributed by atoms with Crippen LogP contribution in [-0.4, -0.2) is 26.0 Å². The van der Waals surface area contributed by atoms with E-state index in [1.54, 1.807) is 27.1 Å². The van der Waals surface area contributed by atoms with Gasteiger partial charge in [0, 0.05) is 19.8 Å². The third-order valence-corrected chi connectivity index (χ3v) is 6.75. The van der Waals surface area contributed by atoms with E-state index in [1.807, 2.05) is 0 Å². The second kappa shape index (κ2) is 6.22. The first kappa shape index (κ1) is 19.1. The van der Waals surface area contributed by atoms with Gasteiger partial charge in [-0.2, -0.15) is 0 Å². The number of hydrogen-bond acceptors (Lipinski definition) is 5. The molecule has 0 unspecified atom stereocenters. The number of hydrogen-bond donors (Lipinski definition) is 2. The fraction of sp³-hybridized carbons (Fsp3) is 0.188. The molecule has 0 saturated carbocycles. The van der Waals surface area contributed by atoms with Gasteiger partial charge in [0.1, 0.15) is 0 Å². The first-order chi connectivity index (χ1) is 12.4. The molecule has 9 nitrogen and oxygen atoms in total. The van der Waals surface area contributed by atoms with Gasteiger partial charge in [-0.25, -0.2) is 26.8 Å². The summed E-state index contributed by atoms with van der Waals surface area (Å²) >= 11 is 0. The number of anilines is 1. The molecule has 0 spiro atoms. The Morgan fingerprint density at radius 2 is 1.44 bits per heavy atom. The Labute approximate surface area is 156 Å². The molecular weight excluding hydrogens is 392 g/mol. The van der Waals surface area contributed by atoms with Gasteiger partial charge < -0.3 is 0 Å². The number of sulfonamides is 2. The number of imidazole rings is 1. The summed E-state index contributed by atoms with van der Waals surface area (Å²) in [4.78, 5) is 12.0. The van der Waals surface area contributed by atoms with Crippen LogP contribution in [0.15, 0.2) is 51.0 Å². The highest BCUT2D eigenvalue weighted by Gasteiger charge is 2.20. The lowest BCUT2D eigenvalue weighted by atomic mass is 10.2. The number of rotatable bonds is 4. The maximum atomic E-state index is 12.8. The molecule has 0 aliphatic carbocycles. The fourth-order valence-corrected chi connectivity index (χ4v) is 4.66. The van der Waals surface area contributed by atoms with Crippen LogP contribution in [0.2, 0.25) is 0 Å². The van der Waals surface area contributed by atoms with E-state index in [4.69, 9.17) is 5.14 Å². The quantitative estimate of drug-likeness (QED) is 0.651. The summed E-state index contributed by atoms with van der Waals surface area (Å²) in [7, 11) is -4.64. The molecule has 0 atom stereocenters. The van der Waals surface area contributed by atoms with E-state index >= 15 is 0 Å². The third-order valence-electron chi connectivity index (χ3n) is 4.29. The lowest BCUT2D eigenvalue weighted by molar-refractivity contribution is 0.597. The molecular formula is C16H18N4O5S2. The maximum absolute atomic E-state index is 12.8. The topological polar surface area (TPSA) is 133 Å². The Hall–Kier alpha value is -2.63. The Kier molecular flexibility index (Phi) is 4.41. The number of fused-ring (bicyclic) bond motifs is 1. The summed E-state index contributed by atoms with van der Waals surface area (Å²) in [6.45, 7) is 1.63. The molecule has 11 heteroatoms. The number of nitrogens with two attached hydrogens (primary N) is 1. The van der Waals surface area contributed by atoms with Crippen molar-refractivity contribution in [3.63, 3.8) is 0 Å². The van der Waals surface area contributed by atoms with Crippen LogP contribution in [0.5, 0.6) is 0 Å². The van der Waals surface area contributed by atoms with Gasteiger partial charge in [-0.3, -0.25) is 13.9 Å². The van der Waals surface area contributed by atoms with Crippen LogP contribution in [-0.2, 0) is 34.1 Å². The number of primary sulfonamides is 1. The van der Waals surface area contributed by atoms with Crippen LogP contribution < -0.4 is 15.6 Å². The van der Waals surface area contributed by atoms with Crippen LogP contribution >= 0.6 is 0 Å². The Balaban J connectivity index is 2.06. The number of nitrogens with zero attached hydrogens (tertiary/aromatic N) is 2. The molecule has 0 aliphatic heterocycles. The van der Waals surface area contributed by atoms with Crippen molar-refractivity contribution < 1.29 is 16.8 Å². The van der Waals surface area contributed by atoms with Gasteiger partial charge in [-0.15, -0.1) is 0 Å². The third kappa shape index (κ3) is 3.36. The van der Waals surface area contributed by atoms with E-state index in [1.165, 1.54) is 39.5 Å². The molecule has 1 aromatic heterocycles. The van der Waals surface area contributed by atoms with Crippen molar-refractivity contribution in [2.24, 2.45) is 19.2 Å². The highest BCUT2D eigenvalue weighted by Crippen LogP contribution is 2.25. The Bertz CT molecular complexity index is 1320. The molecule has 3 N–H and O–H groups in total. The average molecular weight is 410 g/mol. The van der Waals surface area contributed by atoms with Crippen molar-refractivity contribution in [2.75, 3.05) is 4.72 Å². The molecule has 2 aromatic carbocycles. The minimum absolute atomic E-state index is 0.0201. The maximum Gasteiger partial charge on any atom is 0.328 e. The number of aryl methyl sites for hydroxylation is 3. The lowest BCUT2D eigenvalue weighted by Crippen LogP contribution is -2.19. The van der Waals surface area contributed by atoms with Crippen molar-refractivity contribution in [1.29, 1.82) is 0 Å². The molecule has 1 heterocycles. The second-order valence-corrected chi connectivity index (χ2v) is 9.39. The molecule has 0 radical (unpaired) electrons. The molecule has 0 amide bonds. The van der Waals surface area contributed by atoms with Crippen molar-refractivity contribution in [3.8, 4) is 0 Å². The largest absolute Gasteiger partial charge is 0.328 e. The van der Waals surface area contributed by atoms with Crippen molar-refractivity contribution in [2.45, 2.75) is 16.7 Å². The first-order valence-electron chi connectivity index (χ1n) is 7.73. The summed E-state index contributed by atoms with van der Waals surface area (Å²) < 4.78 is 53.4. The van der Waals surface area contributed by atoms with E-state index in [-0.39, 0.29) is 21.2 Å². The van der Waals surface area contributed by atoms with Crippen LogP contribution in [0.1, 0.15) is 5.56 Å². The Morgan fingerprint density at radius 1 is 0.926 bits per heavy atom. The molecule has 0 bridgehead atoms. The zero-order valence-electron chi connectivity index (χ0n) is 14.8. The number of benzene rings is 2. The zero-order chi connectivity index (χ0) is 20.1. The van der Waals surface area contributed by atoms with Crippen molar-refractivity contribution in [1.82, 2.24) is 9.13 Å². The van der Waals surface area contributed by atoms with E-state index in [9.17, 15) is 21.6 Å². The molecule has 3 aromatic rings. The predicted octanol–water partition coefficient (Wildman–Crippen LogP) is 0.634. The summed E-state index contributed by atoms with van der Waals surface area (Å²) in [5.74, 6) is 0. The summed E-state index contributed by atoms with van der Waals surface area (Å²) in [6.07, 6.45) is 0. The van der Waals surface area contributed by atoms with Gasteiger partial charge in [0.05, 0.1) is 20.8 Å². The number of aromatic nitrogens is 2. The number of nitrogens with one attached hydrogen (secondary N) is 1. The smallest absolute Gasteiger partial charge is 0.295 e. The van der Waals surface area contributed by atoms with Gasteiger partial charge in [0.15, 0.2) is 0 Å². The zero-order valence-corrected chi connectivity index (χ0v) is 16.4. The first-order valence-corrected chi connectivity index (χ1v) is 10.8. The average Bonchev–Trinajstić information content (AvgIpc) is 2.77. The van der Waals surface area contributed by atoms with Gasteiger partial charge in [-0.1, -0.05) is 0 Å². The van der Waals surface area contributed by atoms with Gasteiger partial charge >= 0.3 is 5.69 Å². The molecule has 0 aliphatic rings. The fourth-order valence-electron chi connectivity index (χ4n) is 2.84. The Morgan fingerprint density at radius 3 is 1.96 bits per heavy atom. The molecule has 3 rings (SSSR count). The van der Waals surface area contributed by atoms with E-state index in [0.29, 0.717) is 16.6 Å². The van der Waals surface area contributed by atoms with Crippen LogP contribution in [0.25, 0.3) is 11.0 Å². The highest BCUT2D eigenvalue weighted by molar-refractivity contribution is 7.92. The van der Waals surface area contributed by atoms with E-state index in [2.05, 4.69) is 4.72 Å². The monoisotopic (exact) mass is 410 g/mol. The molecule has 0 fully saturated rings. The van der Waals surface area contributed by atoms with Crippen LogP contribution in [0.3, 0.4) is 0 Å². The summed E-state index contributed by atoms with van der Waals surface area (Å²) in [6, 6.07) is 8.11. The minimum atomic E-state index is -3.96. The summed E-state index contributed by atoms with van der Waals surface area (Å²) in [5, 5.41) is 5.03. The molecule has 27 heavy (non-hydrogen) atoms. The SMILES string of the molecule is Cc1cc2c(cc1S(=O)(=O)Nc1ccc(S(N)(=O)=O)cc1)n(C)c(=O)n2C.